The number of halogens is 2. The molecule has 0 amide bonds. The highest BCUT2D eigenvalue weighted by molar-refractivity contribution is 6.31. The Morgan fingerprint density at radius 2 is 0.900 bits per heavy atom. The van der Waals surface area contributed by atoms with Crippen LogP contribution in [-0.4, -0.2) is 24.9 Å². The van der Waals surface area contributed by atoms with Gasteiger partial charge in [0.25, 0.3) is 0 Å². The van der Waals surface area contributed by atoms with Crippen LogP contribution in [0.4, 0.5) is 0 Å². The van der Waals surface area contributed by atoms with Crippen molar-refractivity contribution < 1.29 is 0 Å². The summed E-state index contributed by atoms with van der Waals surface area (Å²) >= 11 is 11.8. The fourth-order valence-corrected chi connectivity index (χ4v) is 3.59. The van der Waals surface area contributed by atoms with E-state index >= 15 is 0 Å². The molecule has 0 unspecified atom stereocenters. The Labute approximate surface area is 182 Å². The van der Waals surface area contributed by atoms with E-state index < -0.39 is 0 Å². The normalized spacial score (nSPS) is 11.0. The van der Waals surface area contributed by atoms with Crippen molar-refractivity contribution in [2.75, 3.05) is 0 Å². The zero-order valence-corrected chi connectivity index (χ0v) is 17.0. The third-order valence-corrected chi connectivity index (χ3v) is 4.95. The third-order valence-electron chi connectivity index (χ3n) is 4.62. The van der Waals surface area contributed by atoms with Gasteiger partial charge in [-0.15, -0.1) is 0 Å². The smallest absolute Gasteiger partial charge is 0.227 e. The van der Waals surface area contributed by atoms with Crippen molar-refractivity contribution in [3.63, 3.8) is 0 Å². The van der Waals surface area contributed by atoms with Gasteiger partial charge >= 0.3 is 0 Å². The first-order chi connectivity index (χ1) is 14.7. The van der Waals surface area contributed by atoms with E-state index in [2.05, 4.69) is 15.0 Å². The Bertz CT molecular complexity index is 1340. The quantitative estimate of drug-likeness (QED) is 0.345. The molecular formula is C23H13Cl2N5. The molecule has 0 fully saturated rings. The van der Waals surface area contributed by atoms with Gasteiger partial charge in [0.2, 0.25) is 10.6 Å². The van der Waals surface area contributed by atoms with Crippen LogP contribution in [0.15, 0.2) is 78.9 Å². The highest BCUT2D eigenvalue weighted by Crippen LogP contribution is 2.32. The van der Waals surface area contributed by atoms with Crippen molar-refractivity contribution in [1.29, 1.82) is 0 Å². The molecule has 7 heteroatoms. The number of fused-ring (bicyclic) bond motifs is 1. The lowest BCUT2D eigenvalue weighted by atomic mass is 10.0. The predicted octanol–water partition coefficient (Wildman–Crippen LogP) is 6.12. The minimum atomic E-state index is 0.0563. The fraction of sp³-hybridized carbons (Fsp3) is 0. The highest BCUT2D eigenvalue weighted by atomic mass is 35.5. The third kappa shape index (κ3) is 3.61. The van der Waals surface area contributed by atoms with Crippen molar-refractivity contribution in [3.8, 4) is 33.9 Å². The Kier molecular flexibility index (Phi) is 4.83. The second-order valence-corrected chi connectivity index (χ2v) is 7.23. The van der Waals surface area contributed by atoms with Crippen LogP contribution in [0.25, 0.3) is 44.9 Å². The maximum atomic E-state index is 5.91. The molecule has 0 aliphatic rings. The molecule has 5 nitrogen and oxygen atoms in total. The Balaban J connectivity index is 1.65. The predicted molar refractivity (Wildman–Crippen MR) is 119 cm³/mol. The van der Waals surface area contributed by atoms with Crippen molar-refractivity contribution in [1.82, 2.24) is 24.9 Å². The molecular weight excluding hydrogens is 417 g/mol. The maximum Gasteiger partial charge on any atom is 0.227 e. The van der Waals surface area contributed by atoms with E-state index in [0.717, 1.165) is 39.1 Å². The molecule has 5 aromatic rings. The van der Waals surface area contributed by atoms with E-state index in [0.29, 0.717) is 5.82 Å². The highest BCUT2D eigenvalue weighted by Gasteiger charge is 2.14. The summed E-state index contributed by atoms with van der Waals surface area (Å²) in [4.78, 5) is 21.9. The first kappa shape index (κ1) is 18.6. The summed E-state index contributed by atoms with van der Waals surface area (Å²) in [6.07, 6.45) is 0. The molecule has 2 heterocycles. The minimum Gasteiger partial charge on any atom is -0.244 e. The number of hydrogen-bond donors (Lipinski definition) is 0. The monoisotopic (exact) mass is 429 g/mol. The molecule has 0 aliphatic carbocycles. The average molecular weight is 430 g/mol. The van der Waals surface area contributed by atoms with Crippen molar-refractivity contribution in [2.24, 2.45) is 0 Å². The number of nitrogens with zero attached hydrogens (tertiary/aromatic N) is 5. The lowest BCUT2D eigenvalue weighted by Gasteiger charge is -2.11. The van der Waals surface area contributed by atoms with Gasteiger partial charge in [0, 0.05) is 16.7 Å². The second kappa shape index (κ2) is 7.78. The molecule has 0 atom stereocenters. The molecule has 2 aromatic heterocycles. The molecule has 0 saturated carbocycles. The standard InChI is InChI=1S/C23H13Cl2N5/c24-22-28-21(29-23(25)30-22)16-12-10-15(11-13-16)20-19(14-6-2-1-3-7-14)26-17-8-4-5-9-18(17)27-20/h1-13H. The van der Waals surface area contributed by atoms with E-state index in [1.54, 1.807) is 0 Å². The van der Waals surface area contributed by atoms with Gasteiger partial charge in [0.05, 0.1) is 22.4 Å². The Morgan fingerprint density at radius 3 is 1.47 bits per heavy atom. The Morgan fingerprint density at radius 1 is 0.433 bits per heavy atom. The molecule has 0 bridgehead atoms. The first-order valence-corrected chi connectivity index (χ1v) is 9.93. The van der Waals surface area contributed by atoms with Crippen LogP contribution in [0.2, 0.25) is 10.6 Å². The van der Waals surface area contributed by atoms with Crippen LogP contribution in [-0.2, 0) is 0 Å². The summed E-state index contributed by atoms with van der Waals surface area (Å²) < 4.78 is 0. The SMILES string of the molecule is Clc1nc(Cl)nc(-c2ccc(-c3nc4ccccc4nc3-c3ccccc3)cc2)n1. The summed E-state index contributed by atoms with van der Waals surface area (Å²) in [5.41, 5.74) is 6.04. The van der Waals surface area contributed by atoms with Gasteiger partial charge in [-0.3, -0.25) is 0 Å². The molecule has 3 aromatic carbocycles. The zero-order valence-electron chi connectivity index (χ0n) is 15.5. The van der Waals surface area contributed by atoms with E-state index in [9.17, 15) is 0 Å². The van der Waals surface area contributed by atoms with Crippen LogP contribution < -0.4 is 0 Å². The molecule has 0 aliphatic heterocycles. The summed E-state index contributed by atoms with van der Waals surface area (Å²) in [5, 5.41) is 0.113. The summed E-state index contributed by atoms with van der Waals surface area (Å²) in [5.74, 6) is 0.416. The van der Waals surface area contributed by atoms with Crippen molar-refractivity contribution >= 4 is 34.2 Å². The minimum absolute atomic E-state index is 0.0563. The van der Waals surface area contributed by atoms with Gasteiger partial charge in [-0.1, -0.05) is 66.7 Å². The van der Waals surface area contributed by atoms with Gasteiger partial charge in [-0.2, -0.15) is 15.0 Å². The topological polar surface area (TPSA) is 64.5 Å². The van der Waals surface area contributed by atoms with Gasteiger partial charge < -0.3 is 0 Å². The van der Waals surface area contributed by atoms with E-state index in [4.69, 9.17) is 33.2 Å². The number of para-hydroxylation sites is 2. The lowest BCUT2D eigenvalue weighted by molar-refractivity contribution is 1.06. The molecule has 0 spiro atoms. The molecule has 30 heavy (non-hydrogen) atoms. The first-order valence-electron chi connectivity index (χ1n) is 9.17. The van der Waals surface area contributed by atoms with Gasteiger partial charge in [-0.25, -0.2) is 9.97 Å². The number of benzene rings is 3. The number of aromatic nitrogens is 5. The van der Waals surface area contributed by atoms with Gasteiger partial charge in [0.15, 0.2) is 5.82 Å². The Hall–Kier alpha value is -3.41. The van der Waals surface area contributed by atoms with Crippen molar-refractivity contribution in [3.05, 3.63) is 89.4 Å². The number of hydrogen-bond acceptors (Lipinski definition) is 5. The summed E-state index contributed by atoms with van der Waals surface area (Å²) in [6.45, 7) is 0. The summed E-state index contributed by atoms with van der Waals surface area (Å²) in [7, 11) is 0. The largest absolute Gasteiger partial charge is 0.244 e. The van der Waals surface area contributed by atoms with Crippen LogP contribution in [0.3, 0.4) is 0 Å². The molecule has 0 saturated heterocycles. The lowest BCUT2D eigenvalue weighted by Crippen LogP contribution is -1.96. The second-order valence-electron chi connectivity index (χ2n) is 6.55. The molecule has 0 radical (unpaired) electrons. The van der Waals surface area contributed by atoms with Crippen LogP contribution in [0.1, 0.15) is 0 Å². The van der Waals surface area contributed by atoms with Crippen LogP contribution in [0, 0.1) is 0 Å². The average Bonchev–Trinajstić information content (AvgIpc) is 2.78. The summed E-state index contributed by atoms with van der Waals surface area (Å²) in [6, 6.07) is 25.6. The van der Waals surface area contributed by atoms with Gasteiger partial charge in [0.1, 0.15) is 0 Å². The van der Waals surface area contributed by atoms with Crippen LogP contribution in [0.5, 0.6) is 0 Å². The molecule has 0 N–H and O–H groups in total. The molecule has 5 rings (SSSR count). The zero-order chi connectivity index (χ0) is 20.5. The molecule has 144 valence electrons. The van der Waals surface area contributed by atoms with Crippen molar-refractivity contribution in [2.45, 2.75) is 0 Å². The van der Waals surface area contributed by atoms with E-state index in [1.165, 1.54) is 0 Å². The van der Waals surface area contributed by atoms with E-state index in [1.807, 2.05) is 78.9 Å². The van der Waals surface area contributed by atoms with Crippen LogP contribution >= 0.6 is 23.2 Å². The van der Waals surface area contributed by atoms with Gasteiger partial charge in [-0.05, 0) is 35.3 Å². The fourth-order valence-electron chi connectivity index (χ4n) is 3.23. The van der Waals surface area contributed by atoms with E-state index in [-0.39, 0.29) is 10.6 Å². The number of rotatable bonds is 3. The maximum absolute atomic E-state index is 5.91.